The Morgan fingerprint density at radius 1 is 0.615 bits per heavy atom. The van der Waals surface area contributed by atoms with Crippen LogP contribution in [0.15, 0.2) is 162 Å². The first-order valence-electron chi connectivity index (χ1n) is 18.3. The minimum Gasteiger partial charge on any atom is -0.304 e. The Balaban J connectivity index is 1.54. The summed E-state index contributed by atoms with van der Waals surface area (Å²) in [6.45, 7) is 12.9. The van der Waals surface area contributed by atoms with Gasteiger partial charge in [0.25, 0.3) is 0 Å². The quantitative estimate of drug-likeness (QED) is 0.183. The van der Waals surface area contributed by atoms with E-state index in [9.17, 15) is 4.79 Å². The second-order valence-corrected chi connectivity index (χ2v) is 16.4. The van der Waals surface area contributed by atoms with Gasteiger partial charge >= 0.3 is 0 Å². The fourth-order valence-corrected chi connectivity index (χ4v) is 8.67. The van der Waals surface area contributed by atoms with Gasteiger partial charge in [-0.25, -0.2) is 4.98 Å². The molecule has 0 amide bonds. The zero-order valence-corrected chi connectivity index (χ0v) is 30.7. The van der Waals surface area contributed by atoms with Gasteiger partial charge in [0, 0.05) is 33.4 Å². The highest BCUT2D eigenvalue weighted by Gasteiger charge is 2.53. The van der Waals surface area contributed by atoms with E-state index >= 15 is 0 Å². The van der Waals surface area contributed by atoms with Crippen molar-refractivity contribution in [1.29, 1.82) is 0 Å². The summed E-state index contributed by atoms with van der Waals surface area (Å²) < 4.78 is 2.54. The van der Waals surface area contributed by atoms with Crippen LogP contribution in [0.25, 0.3) is 50.8 Å². The van der Waals surface area contributed by atoms with Crippen molar-refractivity contribution in [1.82, 2.24) is 9.55 Å². The third kappa shape index (κ3) is 4.58. The highest BCUT2D eigenvalue weighted by atomic mass is 16.1. The van der Waals surface area contributed by atoms with E-state index in [-0.39, 0.29) is 16.6 Å². The molecule has 1 aliphatic heterocycles. The number of nitrogens with zero attached hydrogens (tertiary/aromatic N) is 2. The third-order valence-corrected chi connectivity index (χ3v) is 11.0. The number of benzene rings is 5. The summed E-state index contributed by atoms with van der Waals surface area (Å²) >= 11 is 0. The van der Waals surface area contributed by atoms with Crippen molar-refractivity contribution in [3.63, 3.8) is 0 Å². The summed E-state index contributed by atoms with van der Waals surface area (Å²) in [7, 11) is 0. The first-order valence-corrected chi connectivity index (χ1v) is 18.3. The molecule has 3 aliphatic rings. The van der Waals surface area contributed by atoms with Crippen LogP contribution in [0, 0.1) is 10.8 Å². The number of rotatable bonds is 2. The predicted molar refractivity (Wildman–Crippen MR) is 215 cm³/mol. The Morgan fingerprint density at radius 2 is 1.21 bits per heavy atom. The third-order valence-electron chi connectivity index (χ3n) is 11.0. The van der Waals surface area contributed by atoms with Crippen LogP contribution < -0.4 is 0 Å². The molecule has 0 N–H and O–H groups in total. The maximum absolute atomic E-state index is 14.3. The highest BCUT2D eigenvalue weighted by molar-refractivity contribution is 6.12. The molecule has 0 saturated heterocycles. The second kappa shape index (κ2) is 11.4. The average molecular weight is 675 g/mol. The van der Waals surface area contributed by atoms with Crippen LogP contribution in [-0.2, 0) is 10.3 Å². The number of ketones is 1. The van der Waals surface area contributed by atoms with Crippen molar-refractivity contribution in [2.45, 2.75) is 47.1 Å². The van der Waals surface area contributed by atoms with Crippen molar-refractivity contribution in [3.05, 3.63) is 179 Å². The lowest BCUT2D eigenvalue weighted by Crippen LogP contribution is -2.39. The maximum Gasteiger partial charge on any atom is 0.186 e. The number of fused-ring (bicyclic) bond motifs is 9. The van der Waals surface area contributed by atoms with Crippen molar-refractivity contribution in [3.8, 4) is 33.9 Å². The molecule has 3 nitrogen and oxygen atoms in total. The van der Waals surface area contributed by atoms with Gasteiger partial charge in [-0.3, -0.25) is 4.79 Å². The fraction of sp³-hybridized carbons (Fsp3) is 0.184. The summed E-state index contributed by atoms with van der Waals surface area (Å²) in [5, 5.41) is 2.38. The number of allylic oxidation sites excluding steroid dienone is 7. The van der Waals surface area contributed by atoms with E-state index in [1.807, 2.05) is 0 Å². The molecule has 3 heteroatoms. The minimum absolute atomic E-state index is 0.135. The molecule has 0 saturated carbocycles. The van der Waals surface area contributed by atoms with Gasteiger partial charge in [-0.05, 0) is 56.0 Å². The molecular formula is C49H42N2O. The normalized spacial score (nSPS) is 18.0. The van der Waals surface area contributed by atoms with Crippen molar-refractivity contribution < 1.29 is 4.79 Å². The number of hydrogen-bond donors (Lipinski definition) is 0. The Bertz CT molecular complexity index is 2540. The topological polar surface area (TPSA) is 34.9 Å². The van der Waals surface area contributed by atoms with Crippen molar-refractivity contribution >= 4 is 22.6 Å². The van der Waals surface area contributed by atoms with Gasteiger partial charge in [0.15, 0.2) is 5.78 Å². The van der Waals surface area contributed by atoms with E-state index < -0.39 is 5.54 Å². The SMILES string of the molecule is CC(C)(C)C1=CC(=C2C=Cc3ccccc3[C@@]23c2c(ccc4ccccc24)-c2nc(-c4ccccc4)c(-c4ccccc4)n23)C=C(C(C)(C)C)C1=O. The standard InChI is InChI=1S/C49H42N2O/c1-47(2,3)40-29-35(30-41(45(40)52)48(4,5)6)39-28-26-32-18-14-16-24-38(32)49(39)42-36-23-15-13-17-31(36)25-27-37(42)46-50-43(33-19-9-7-10-20-33)44(51(46)49)34-21-11-8-12-22-34/h7-30H,1-6H3/t49-/m0/s1. The lowest BCUT2D eigenvalue weighted by molar-refractivity contribution is -0.114. The number of hydrogen-bond acceptors (Lipinski definition) is 2. The molecule has 254 valence electrons. The number of carbonyl (C=O) groups excluding carboxylic acids is 1. The van der Waals surface area contributed by atoms with Gasteiger partial charge in [-0.1, -0.05) is 175 Å². The lowest BCUT2D eigenvalue weighted by Gasteiger charge is -2.42. The number of imidazole rings is 1. The van der Waals surface area contributed by atoms with Crippen LogP contribution in [0.1, 0.15) is 58.2 Å². The first kappa shape index (κ1) is 32.1. The fourth-order valence-electron chi connectivity index (χ4n) is 8.67. The van der Waals surface area contributed by atoms with Crippen LogP contribution in [0.3, 0.4) is 0 Å². The van der Waals surface area contributed by atoms with Crippen LogP contribution in [0.4, 0.5) is 0 Å². The molecule has 5 aromatic carbocycles. The molecule has 1 spiro atoms. The van der Waals surface area contributed by atoms with Gasteiger partial charge < -0.3 is 4.57 Å². The van der Waals surface area contributed by atoms with Crippen molar-refractivity contribution in [2.75, 3.05) is 0 Å². The van der Waals surface area contributed by atoms with Crippen LogP contribution in [0.5, 0.6) is 0 Å². The highest BCUT2D eigenvalue weighted by Crippen LogP contribution is 2.60. The second-order valence-electron chi connectivity index (χ2n) is 16.4. The van der Waals surface area contributed by atoms with E-state index in [2.05, 4.69) is 192 Å². The number of Topliss-reactive ketones (excluding diaryl/α,β-unsaturated/α-hetero) is 1. The zero-order valence-electron chi connectivity index (χ0n) is 30.7. The summed E-state index contributed by atoms with van der Waals surface area (Å²) in [5.74, 6) is 1.07. The largest absolute Gasteiger partial charge is 0.304 e. The molecule has 2 aliphatic carbocycles. The molecule has 0 fully saturated rings. The van der Waals surface area contributed by atoms with Crippen LogP contribution in [0.2, 0.25) is 0 Å². The molecule has 2 heterocycles. The molecule has 0 bridgehead atoms. The van der Waals surface area contributed by atoms with Gasteiger partial charge in [0.2, 0.25) is 0 Å². The summed E-state index contributed by atoms with van der Waals surface area (Å²) in [6.07, 6.45) is 8.95. The lowest BCUT2D eigenvalue weighted by atomic mass is 9.66. The van der Waals surface area contributed by atoms with E-state index in [4.69, 9.17) is 4.98 Å². The van der Waals surface area contributed by atoms with E-state index in [1.165, 1.54) is 27.5 Å². The Labute approximate surface area is 306 Å². The molecule has 52 heavy (non-hydrogen) atoms. The van der Waals surface area contributed by atoms with E-state index in [0.29, 0.717) is 0 Å². The monoisotopic (exact) mass is 674 g/mol. The zero-order chi connectivity index (χ0) is 36.0. The maximum atomic E-state index is 14.3. The predicted octanol–water partition coefficient (Wildman–Crippen LogP) is 12.0. The molecule has 0 unspecified atom stereocenters. The molecule has 9 rings (SSSR count). The van der Waals surface area contributed by atoms with Gasteiger partial charge in [0.1, 0.15) is 11.4 Å². The van der Waals surface area contributed by atoms with Crippen LogP contribution in [-0.4, -0.2) is 15.3 Å². The molecule has 6 aromatic rings. The molecular weight excluding hydrogens is 633 g/mol. The minimum atomic E-state index is -0.823. The van der Waals surface area contributed by atoms with Crippen LogP contribution >= 0.6 is 0 Å². The number of aromatic nitrogens is 2. The van der Waals surface area contributed by atoms with Gasteiger partial charge in [-0.2, -0.15) is 0 Å². The Kier molecular flexibility index (Phi) is 7.01. The number of carbonyl (C=O) groups is 1. The van der Waals surface area contributed by atoms with Gasteiger partial charge in [0.05, 0.1) is 11.4 Å². The van der Waals surface area contributed by atoms with E-state index in [0.717, 1.165) is 56.2 Å². The molecule has 0 radical (unpaired) electrons. The molecule has 1 aromatic heterocycles. The summed E-state index contributed by atoms with van der Waals surface area (Å²) in [4.78, 5) is 20.0. The average Bonchev–Trinajstić information content (AvgIpc) is 3.67. The summed E-state index contributed by atoms with van der Waals surface area (Å²) in [6, 6.07) is 43.4. The van der Waals surface area contributed by atoms with Gasteiger partial charge in [-0.15, -0.1) is 0 Å². The Morgan fingerprint density at radius 3 is 1.88 bits per heavy atom. The smallest absolute Gasteiger partial charge is 0.186 e. The first-order chi connectivity index (χ1) is 25.0. The molecule has 1 atom stereocenters. The van der Waals surface area contributed by atoms with Crippen molar-refractivity contribution in [2.24, 2.45) is 10.8 Å². The Hall–Kier alpha value is -5.80. The summed E-state index contributed by atoms with van der Waals surface area (Å²) in [5.41, 5.74) is 11.2. The van der Waals surface area contributed by atoms with E-state index in [1.54, 1.807) is 0 Å².